The van der Waals surface area contributed by atoms with Gasteiger partial charge in [0.25, 0.3) is 0 Å². The van der Waals surface area contributed by atoms with E-state index in [4.69, 9.17) is 9.47 Å². The Morgan fingerprint density at radius 3 is 1.42 bits per heavy atom. The minimum absolute atomic E-state index is 0.140. The van der Waals surface area contributed by atoms with Gasteiger partial charge in [0, 0.05) is 38.9 Å². The predicted molar refractivity (Wildman–Crippen MR) is 188 cm³/mol. The number of esters is 2. The van der Waals surface area contributed by atoms with Crippen LogP contribution in [0.1, 0.15) is 180 Å². The highest BCUT2D eigenvalue weighted by Crippen LogP contribution is 2.22. The maximum Gasteiger partial charge on any atom is 0.306 e. The van der Waals surface area contributed by atoms with Crippen LogP contribution >= 0.6 is 0 Å². The van der Waals surface area contributed by atoms with E-state index in [9.17, 15) is 9.59 Å². The molecule has 2 rings (SSSR count). The van der Waals surface area contributed by atoms with Gasteiger partial charge in [-0.1, -0.05) is 173 Å². The molecular weight excluding hydrogens is 558 g/mol. The van der Waals surface area contributed by atoms with Crippen molar-refractivity contribution >= 4 is 11.9 Å². The summed E-state index contributed by atoms with van der Waals surface area (Å²) in [5, 5.41) is 0. The summed E-state index contributed by atoms with van der Waals surface area (Å²) in [6, 6.07) is 10.4. The number of hydrogen-bond acceptors (Lipinski definition) is 5. The van der Waals surface area contributed by atoms with Crippen molar-refractivity contribution in [3.05, 3.63) is 35.9 Å². The van der Waals surface area contributed by atoms with Gasteiger partial charge in [0.15, 0.2) is 6.10 Å². The molecule has 0 aromatic heterocycles. The summed E-state index contributed by atoms with van der Waals surface area (Å²) in [5.74, 6) is -0.289. The number of unbranched alkanes of at least 4 members (excludes halogenated alkanes) is 20. The van der Waals surface area contributed by atoms with E-state index in [-0.39, 0.29) is 18.0 Å². The molecule has 258 valence electrons. The number of ether oxygens (including phenoxy) is 2. The monoisotopic (exact) mass is 628 g/mol. The van der Waals surface area contributed by atoms with Gasteiger partial charge in [-0.2, -0.15) is 0 Å². The topological polar surface area (TPSA) is 55.8 Å². The van der Waals surface area contributed by atoms with Crippen LogP contribution in [0.4, 0.5) is 0 Å². The Labute approximate surface area is 277 Å². The molecule has 0 amide bonds. The van der Waals surface area contributed by atoms with Crippen LogP contribution in [0.2, 0.25) is 0 Å². The quantitative estimate of drug-likeness (QED) is 0.0683. The summed E-state index contributed by atoms with van der Waals surface area (Å²) in [5.41, 5.74) is 1.25. The molecule has 1 heterocycles. The number of carbonyl (C=O) groups excluding carboxylic acids is 2. The third-order valence-corrected chi connectivity index (χ3v) is 9.37. The van der Waals surface area contributed by atoms with Crippen LogP contribution in [-0.4, -0.2) is 42.1 Å². The first-order valence-corrected chi connectivity index (χ1v) is 19.3. The number of likely N-dealkylation sites (tertiary alicyclic amines) is 1. The van der Waals surface area contributed by atoms with E-state index in [1.807, 2.05) is 6.07 Å². The zero-order chi connectivity index (χ0) is 32.2. The average molecular weight is 628 g/mol. The Morgan fingerprint density at radius 1 is 0.578 bits per heavy atom. The number of benzene rings is 1. The number of nitrogens with zero attached hydrogens (tertiary/aromatic N) is 1. The molecule has 0 radical (unpaired) electrons. The third-order valence-electron chi connectivity index (χ3n) is 9.37. The van der Waals surface area contributed by atoms with E-state index < -0.39 is 6.10 Å². The van der Waals surface area contributed by atoms with Crippen LogP contribution in [0.25, 0.3) is 0 Å². The number of rotatable bonds is 28. The van der Waals surface area contributed by atoms with Crippen molar-refractivity contribution in [1.82, 2.24) is 4.90 Å². The molecule has 0 spiro atoms. The number of carbonyl (C=O) groups is 2. The Hall–Kier alpha value is -1.88. The zero-order valence-electron chi connectivity index (χ0n) is 29.4. The maximum absolute atomic E-state index is 12.9. The SMILES string of the molecule is CCCCCCCCCCCCCC(=O)O[C@@H]1CCN(Cc2ccccc2)C[C@H]1OC(=O)CCCCCCCCCCCCC. The molecule has 1 aliphatic rings. The lowest BCUT2D eigenvalue weighted by Crippen LogP contribution is -2.50. The van der Waals surface area contributed by atoms with Crippen LogP contribution in [0.15, 0.2) is 30.3 Å². The van der Waals surface area contributed by atoms with Gasteiger partial charge in [0.1, 0.15) is 6.10 Å². The lowest BCUT2D eigenvalue weighted by atomic mass is 10.0. The van der Waals surface area contributed by atoms with Crippen molar-refractivity contribution in [2.24, 2.45) is 0 Å². The first-order chi connectivity index (χ1) is 22.1. The van der Waals surface area contributed by atoms with Crippen LogP contribution in [-0.2, 0) is 25.6 Å². The van der Waals surface area contributed by atoms with Crippen molar-refractivity contribution in [2.75, 3.05) is 13.1 Å². The van der Waals surface area contributed by atoms with Gasteiger partial charge < -0.3 is 9.47 Å². The number of piperidine rings is 1. The van der Waals surface area contributed by atoms with Crippen molar-refractivity contribution in [3.63, 3.8) is 0 Å². The molecule has 0 unspecified atom stereocenters. The molecule has 0 bridgehead atoms. The largest absolute Gasteiger partial charge is 0.458 e. The second-order valence-corrected chi connectivity index (χ2v) is 13.6. The molecule has 45 heavy (non-hydrogen) atoms. The fourth-order valence-corrected chi connectivity index (χ4v) is 6.51. The zero-order valence-corrected chi connectivity index (χ0v) is 29.4. The second kappa shape index (κ2) is 27.3. The summed E-state index contributed by atoms with van der Waals surface area (Å²) in [7, 11) is 0. The minimum atomic E-state index is -0.399. The second-order valence-electron chi connectivity index (χ2n) is 13.6. The highest BCUT2D eigenvalue weighted by molar-refractivity contribution is 5.70. The van der Waals surface area contributed by atoms with Crippen LogP contribution in [0.3, 0.4) is 0 Å². The summed E-state index contributed by atoms with van der Waals surface area (Å²) in [6.07, 6.45) is 28.6. The Kier molecular flexibility index (Phi) is 23.8. The molecule has 0 aliphatic carbocycles. The fourth-order valence-electron chi connectivity index (χ4n) is 6.51. The molecule has 0 saturated carbocycles. The van der Waals surface area contributed by atoms with Crippen molar-refractivity contribution < 1.29 is 19.1 Å². The number of hydrogen-bond donors (Lipinski definition) is 0. The summed E-state index contributed by atoms with van der Waals surface area (Å²) >= 11 is 0. The van der Waals surface area contributed by atoms with E-state index >= 15 is 0 Å². The normalized spacial score (nSPS) is 16.9. The minimum Gasteiger partial charge on any atom is -0.458 e. The summed E-state index contributed by atoms with van der Waals surface area (Å²) < 4.78 is 12.0. The lowest BCUT2D eigenvalue weighted by Gasteiger charge is -2.37. The molecule has 1 aliphatic heterocycles. The molecule has 5 nitrogen and oxygen atoms in total. The molecule has 0 N–H and O–H groups in total. The van der Waals surface area contributed by atoms with E-state index in [1.165, 1.54) is 121 Å². The Balaban J connectivity index is 1.67. The van der Waals surface area contributed by atoms with E-state index in [0.717, 1.165) is 38.8 Å². The van der Waals surface area contributed by atoms with Gasteiger partial charge in [-0.3, -0.25) is 14.5 Å². The van der Waals surface area contributed by atoms with Gasteiger partial charge in [0.2, 0.25) is 0 Å². The fraction of sp³-hybridized carbons (Fsp3) is 0.800. The van der Waals surface area contributed by atoms with E-state index in [1.54, 1.807) is 0 Å². The van der Waals surface area contributed by atoms with Gasteiger partial charge in [0.05, 0.1) is 0 Å². The molecule has 1 aromatic carbocycles. The first-order valence-electron chi connectivity index (χ1n) is 19.3. The molecule has 2 atom stereocenters. The highest BCUT2D eigenvalue weighted by atomic mass is 16.6. The molecule has 1 saturated heterocycles. The van der Waals surface area contributed by atoms with Crippen LogP contribution in [0.5, 0.6) is 0 Å². The maximum atomic E-state index is 12.9. The van der Waals surface area contributed by atoms with Crippen molar-refractivity contribution in [1.29, 1.82) is 0 Å². The third kappa shape index (κ3) is 20.8. The summed E-state index contributed by atoms with van der Waals surface area (Å²) in [6.45, 7) is 6.78. The van der Waals surface area contributed by atoms with Crippen LogP contribution in [0, 0.1) is 0 Å². The highest BCUT2D eigenvalue weighted by Gasteiger charge is 2.34. The lowest BCUT2D eigenvalue weighted by molar-refractivity contribution is -0.174. The smallest absolute Gasteiger partial charge is 0.306 e. The molecule has 1 aromatic rings. The molecule has 1 fully saturated rings. The van der Waals surface area contributed by atoms with Crippen LogP contribution < -0.4 is 0 Å². The van der Waals surface area contributed by atoms with Gasteiger partial charge >= 0.3 is 11.9 Å². The van der Waals surface area contributed by atoms with Crippen molar-refractivity contribution in [2.45, 2.75) is 193 Å². The summed E-state index contributed by atoms with van der Waals surface area (Å²) in [4.78, 5) is 28.0. The average Bonchev–Trinajstić information content (AvgIpc) is 3.04. The predicted octanol–water partition coefficient (Wildman–Crippen LogP) is 11.1. The van der Waals surface area contributed by atoms with Crippen molar-refractivity contribution in [3.8, 4) is 0 Å². The Morgan fingerprint density at radius 2 is 0.978 bits per heavy atom. The van der Waals surface area contributed by atoms with Gasteiger partial charge in [-0.25, -0.2) is 0 Å². The van der Waals surface area contributed by atoms with Gasteiger partial charge in [-0.15, -0.1) is 0 Å². The molecular formula is C40H69NO4. The standard InChI is InChI=1S/C40H69NO4/c1-3-5-7-9-11-13-15-17-19-21-26-30-39(42)44-37-32-33-41(34-36-28-24-23-25-29-36)35-38(37)45-40(43)31-27-22-20-18-16-14-12-10-8-6-4-2/h23-25,28-29,37-38H,3-22,26-27,30-35H2,1-2H3/t37-,38-/m1/s1. The van der Waals surface area contributed by atoms with E-state index in [0.29, 0.717) is 25.8 Å². The Bertz CT molecular complexity index is 844. The van der Waals surface area contributed by atoms with Gasteiger partial charge in [-0.05, 0) is 18.4 Å². The first kappa shape index (κ1) is 39.3. The molecule has 5 heteroatoms. The van der Waals surface area contributed by atoms with E-state index in [2.05, 4.69) is 43.0 Å².